The summed E-state index contributed by atoms with van der Waals surface area (Å²) in [5, 5.41) is 14.4. The summed E-state index contributed by atoms with van der Waals surface area (Å²) in [5.41, 5.74) is 4.36. The fourth-order valence-corrected chi connectivity index (χ4v) is 5.68. The van der Waals surface area contributed by atoms with Crippen molar-refractivity contribution in [3.05, 3.63) is 58.2 Å². The van der Waals surface area contributed by atoms with Gasteiger partial charge in [0.25, 0.3) is 0 Å². The molecule has 0 saturated carbocycles. The van der Waals surface area contributed by atoms with E-state index in [1.165, 1.54) is 0 Å². The van der Waals surface area contributed by atoms with Crippen molar-refractivity contribution >= 4 is 32.7 Å². The number of aromatic nitrogens is 5. The zero-order chi connectivity index (χ0) is 26.6. The molecule has 38 heavy (non-hydrogen) atoms. The van der Waals surface area contributed by atoms with Gasteiger partial charge in [-0.05, 0) is 74.1 Å². The van der Waals surface area contributed by atoms with E-state index < -0.39 is 18.1 Å². The van der Waals surface area contributed by atoms with Crippen LogP contribution in [0.1, 0.15) is 49.6 Å². The molecule has 1 fully saturated rings. The van der Waals surface area contributed by atoms with Gasteiger partial charge in [0.15, 0.2) is 6.23 Å². The second-order valence-corrected chi connectivity index (χ2v) is 10.5. The fraction of sp³-hybridized carbons (Fsp3) is 0.385. The molecule has 12 heteroatoms. The summed E-state index contributed by atoms with van der Waals surface area (Å²) in [6, 6.07) is 10.7. The van der Waals surface area contributed by atoms with Crippen molar-refractivity contribution in [2.45, 2.75) is 51.1 Å². The number of benzene rings is 2. The molecule has 0 radical (unpaired) electrons. The van der Waals surface area contributed by atoms with E-state index in [4.69, 9.17) is 9.84 Å². The van der Waals surface area contributed by atoms with Gasteiger partial charge in [0.1, 0.15) is 11.4 Å². The molecular formula is C26H24BrF3N6O2. The summed E-state index contributed by atoms with van der Waals surface area (Å²) in [6.45, 7) is 2.33. The Morgan fingerprint density at radius 1 is 1.16 bits per heavy atom. The van der Waals surface area contributed by atoms with Gasteiger partial charge in [0.2, 0.25) is 0 Å². The number of fused-ring (bicyclic) bond motifs is 2. The Hall–Kier alpha value is -3.25. The number of halogens is 4. The third-order valence-corrected chi connectivity index (χ3v) is 7.76. The van der Waals surface area contributed by atoms with Crippen LogP contribution in [0.3, 0.4) is 0 Å². The first kappa shape index (κ1) is 25.1. The Morgan fingerprint density at radius 2 is 2.00 bits per heavy atom. The predicted octanol–water partition coefficient (Wildman–Crippen LogP) is 5.75. The number of ether oxygens (including phenoxy) is 1. The minimum atomic E-state index is -4.91. The van der Waals surface area contributed by atoms with Gasteiger partial charge in [-0.25, -0.2) is 9.36 Å². The fourth-order valence-electron chi connectivity index (χ4n) is 5.32. The van der Waals surface area contributed by atoms with Crippen molar-refractivity contribution in [2.75, 3.05) is 13.2 Å². The lowest BCUT2D eigenvalue weighted by Gasteiger charge is -2.35. The van der Waals surface area contributed by atoms with Crippen LogP contribution in [-0.2, 0) is 16.0 Å². The highest BCUT2D eigenvalue weighted by molar-refractivity contribution is 9.10. The Bertz CT molecular complexity index is 1530. The van der Waals surface area contributed by atoms with Crippen LogP contribution in [0.5, 0.6) is 0 Å². The first-order valence-electron chi connectivity index (χ1n) is 12.4. The van der Waals surface area contributed by atoms with Crippen LogP contribution in [0.25, 0.3) is 28.0 Å². The van der Waals surface area contributed by atoms with Gasteiger partial charge in [-0.1, -0.05) is 27.2 Å². The molecule has 2 aliphatic rings. The third kappa shape index (κ3) is 4.39. The van der Waals surface area contributed by atoms with Crippen LogP contribution in [0.15, 0.2) is 47.1 Å². The summed E-state index contributed by atoms with van der Waals surface area (Å²) in [7, 11) is 0. The molecular weight excluding hydrogens is 565 g/mol. The Balaban J connectivity index is 1.35. The standard InChI is InChI=1S/C26H24BrF3N6O2/c1-15-19-13-18(7-5-16(19)9-10-34(15)25(37)26(28,29)30)35-14-21(31-33-35)24-20-12-17(27)6-8-22(20)36(32-24)23-4-2-3-11-38-23/h5-8,12-15,23H,2-4,9-11H2,1H3. The van der Waals surface area contributed by atoms with E-state index >= 15 is 0 Å². The summed E-state index contributed by atoms with van der Waals surface area (Å²) in [5.74, 6) is -1.82. The molecule has 2 aromatic heterocycles. The van der Waals surface area contributed by atoms with Gasteiger partial charge in [0, 0.05) is 23.0 Å². The van der Waals surface area contributed by atoms with E-state index in [2.05, 4.69) is 26.2 Å². The number of hydrogen-bond donors (Lipinski definition) is 0. The quantitative estimate of drug-likeness (QED) is 0.304. The van der Waals surface area contributed by atoms with Crippen LogP contribution in [0.2, 0.25) is 0 Å². The molecule has 2 aromatic carbocycles. The number of carbonyl (C=O) groups excluding carboxylic acids is 1. The van der Waals surface area contributed by atoms with Crippen molar-refractivity contribution in [3.63, 3.8) is 0 Å². The number of nitrogens with zero attached hydrogens (tertiary/aromatic N) is 6. The topological polar surface area (TPSA) is 78.1 Å². The molecule has 2 aliphatic heterocycles. The molecule has 0 spiro atoms. The molecule has 0 aliphatic carbocycles. The van der Waals surface area contributed by atoms with Crippen LogP contribution in [-0.4, -0.2) is 54.9 Å². The second kappa shape index (κ2) is 9.49. The minimum Gasteiger partial charge on any atom is -0.356 e. The van der Waals surface area contributed by atoms with E-state index in [9.17, 15) is 18.0 Å². The van der Waals surface area contributed by atoms with E-state index in [1.54, 1.807) is 23.9 Å². The zero-order valence-corrected chi connectivity index (χ0v) is 22.0. The SMILES string of the molecule is CC1c2cc(-n3cc(-c4nn(C5CCCCO5)c5ccc(Br)cc45)nn3)ccc2CCN1C(=O)C(F)(F)F. The molecule has 4 heterocycles. The average molecular weight is 589 g/mol. The number of amides is 1. The van der Waals surface area contributed by atoms with Gasteiger partial charge in [-0.15, -0.1) is 5.10 Å². The number of alkyl halides is 3. The highest BCUT2D eigenvalue weighted by Crippen LogP contribution is 2.36. The number of rotatable bonds is 3. The van der Waals surface area contributed by atoms with Crippen molar-refractivity contribution in [1.82, 2.24) is 29.7 Å². The minimum absolute atomic E-state index is 0.0231. The molecule has 198 valence electrons. The molecule has 1 saturated heterocycles. The van der Waals surface area contributed by atoms with E-state index in [0.717, 1.165) is 45.1 Å². The summed E-state index contributed by atoms with van der Waals surface area (Å²) < 4.78 is 49.7. The monoisotopic (exact) mass is 588 g/mol. The summed E-state index contributed by atoms with van der Waals surface area (Å²) >= 11 is 3.55. The highest BCUT2D eigenvalue weighted by Gasteiger charge is 2.45. The van der Waals surface area contributed by atoms with Crippen LogP contribution in [0, 0.1) is 0 Å². The zero-order valence-electron chi connectivity index (χ0n) is 20.5. The lowest BCUT2D eigenvalue weighted by atomic mass is 9.93. The van der Waals surface area contributed by atoms with Crippen molar-refractivity contribution in [3.8, 4) is 17.1 Å². The maximum absolute atomic E-state index is 13.1. The summed E-state index contributed by atoms with van der Waals surface area (Å²) in [4.78, 5) is 12.8. The molecule has 2 atom stereocenters. The lowest BCUT2D eigenvalue weighted by molar-refractivity contribution is -0.188. The maximum atomic E-state index is 13.1. The van der Waals surface area contributed by atoms with Crippen molar-refractivity contribution < 1.29 is 22.7 Å². The van der Waals surface area contributed by atoms with Crippen LogP contribution < -0.4 is 0 Å². The molecule has 0 bridgehead atoms. The van der Waals surface area contributed by atoms with Crippen LogP contribution >= 0.6 is 15.9 Å². The molecule has 8 nitrogen and oxygen atoms in total. The molecule has 0 N–H and O–H groups in total. The Kier molecular flexibility index (Phi) is 6.26. The second-order valence-electron chi connectivity index (χ2n) is 9.63. The first-order chi connectivity index (χ1) is 18.2. The van der Waals surface area contributed by atoms with Gasteiger partial charge in [-0.2, -0.15) is 18.3 Å². The van der Waals surface area contributed by atoms with E-state index in [1.807, 2.05) is 35.0 Å². The maximum Gasteiger partial charge on any atom is 0.471 e. The Morgan fingerprint density at radius 3 is 2.76 bits per heavy atom. The van der Waals surface area contributed by atoms with Gasteiger partial charge in [0.05, 0.1) is 23.4 Å². The molecule has 2 unspecified atom stereocenters. The number of carbonyl (C=O) groups is 1. The smallest absolute Gasteiger partial charge is 0.356 e. The van der Waals surface area contributed by atoms with Crippen molar-refractivity contribution in [2.24, 2.45) is 0 Å². The van der Waals surface area contributed by atoms with Gasteiger partial charge >= 0.3 is 12.1 Å². The van der Waals surface area contributed by atoms with Crippen LogP contribution in [0.4, 0.5) is 13.2 Å². The average Bonchev–Trinajstić information content (AvgIpc) is 3.53. The predicted molar refractivity (Wildman–Crippen MR) is 137 cm³/mol. The molecule has 1 amide bonds. The summed E-state index contributed by atoms with van der Waals surface area (Å²) in [6.07, 6.45) is 0.0180. The third-order valence-electron chi connectivity index (χ3n) is 7.27. The lowest BCUT2D eigenvalue weighted by Crippen LogP contribution is -2.45. The van der Waals surface area contributed by atoms with Crippen molar-refractivity contribution in [1.29, 1.82) is 0 Å². The van der Waals surface area contributed by atoms with Gasteiger partial charge in [-0.3, -0.25) is 4.79 Å². The highest BCUT2D eigenvalue weighted by atomic mass is 79.9. The van der Waals surface area contributed by atoms with Gasteiger partial charge < -0.3 is 9.64 Å². The van der Waals surface area contributed by atoms with E-state index in [0.29, 0.717) is 35.7 Å². The first-order valence-corrected chi connectivity index (χ1v) is 13.2. The number of hydrogen-bond acceptors (Lipinski definition) is 5. The molecule has 6 rings (SSSR count). The Labute approximate surface area is 224 Å². The largest absolute Gasteiger partial charge is 0.471 e. The normalized spacial score (nSPS) is 20.1. The molecule has 4 aromatic rings. The van der Waals surface area contributed by atoms with E-state index in [-0.39, 0.29) is 12.8 Å².